The van der Waals surface area contributed by atoms with E-state index < -0.39 is 17.5 Å². The topological polar surface area (TPSA) is 64.0 Å². The summed E-state index contributed by atoms with van der Waals surface area (Å²) >= 11 is 8.96. The van der Waals surface area contributed by atoms with E-state index in [1.807, 2.05) is 6.92 Å². The zero-order valence-corrected chi connectivity index (χ0v) is 21.0. The Morgan fingerprint density at radius 3 is 2.83 bits per heavy atom. The van der Waals surface area contributed by atoms with Crippen LogP contribution in [0.1, 0.15) is 28.8 Å². The third-order valence-corrected chi connectivity index (χ3v) is 8.51. The Morgan fingerprint density at radius 2 is 2.03 bits per heavy atom. The van der Waals surface area contributed by atoms with Gasteiger partial charge >= 0.3 is 0 Å². The molecule has 2 heterocycles. The number of aryl methyl sites for hydroxylation is 2. The van der Waals surface area contributed by atoms with Crippen molar-refractivity contribution in [3.63, 3.8) is 0 Å². The molecule has 35 heavy (non-hydrogen) atoms. The molecule has 1 N–H and O–H groups in total. The first-order valence-corrected chi connectivity index (χ1v) is 13.2. The van der Waals surface area contributed by atoms with Crippen LogP contribution in [0.4, 0.5) is 14.5 Å². The monoisotopic (exact) mass is 531 g/mol. The van der Waals surface area contributed by atoms with Gasteiger partial charge in [-0.1, -0.05) is 29.4 Å². The fraction of sp³-hybridized carbons (Fsp3) is 0.240. The third kappa shape index (κ3) is 4.60. The quantitative estimate of drug-likeness (QED) is 0.242. The number of fused-ring (bicyclic) bond motifs is 3. The molecule has 0 unspecified atom stereocenters. The highest BCUT2D eigenvalue weighted by atomic mass is 35.5. The van der Waals surface area contributed by atoms with Crippen molar-refractivity contribution in [2.45, 2.75) is 37.8 Å². The number of anilines is 1. The summed E-state index contributed by atoms with van der Waals surface area (Å²) in [6, 6.07) is 8.26. The standard InChI is InChI=1S/C25H20ClF2N3O2S2/c1-13-16(26)6-4-7-19(13)31-24(33)22-15-5-2-3-8-20(15)35-23(22)30-25(31)34-12-21(32)29-18-10-9-14(27)11-17(18)28/h4,6-7,9-11H,2-3,5,8,12H2,1H3,(H,29,32). The van der Waals surface area contributed by atoms with E-state index in [0.29, 0.717) is 32.1 Å². The molecular weight excluding hydrogens is 512 g/mol. The average Bonchev–Trinajstić information content (AvgIpc) is 3.20. The van der Waals surface area contributed by atoms with Gasteiger partial charge in [-0.25, -0.2) is 13.8 Å². The Balaban J connectivity index is 1.55. The van der Waals surface area contributed by atoms with Crippen LogP contribution in [0.2, 0.25) is 5.02 Å². The molecule has 0 spiro atoms. The third-order valence-electron chi connectivity index (χ3n) is 5.98. The van der Waals surface area contributed by atoms with Crippen LogP contribution < -0.4 is 10.9 Å². The van der Waals surface area contributed by atoms with Gasteiger partial charge in [0.1, 0.15) is 16.5 Å². The average molecular weight is 532 g/mol. The molecule has 0 radical (unpaired) electrons. The SMILES string of the molecule is Cc1c(Cl)cccc1-n1c(SCC(=O)Nc2ccc(F)cc2F)nc2sc3c(c2c1=O)CCCC3. The maximum Gasteiger partial charge on any atom is 0.267 e. The smallest absolute Gasteiger partial charge is 0.267 e. The molecule has 0 saturated heterocycles. The van der Waals surface area contributed by atoms with Gasteiger partial charge in [0.15, 0.2) is 5.16 Å². The van der Waals surface area contributed by atoms with E-state index in [0.717, 1.165) is 54.6 Å². The van der Waals surface area contributed by atoms with Crippen LogP contribution in [0, 0.1) is 18.6 Å². The molecule has 5 nitrogen and oxygen atoms in total. The van der Waals surface area contributed by atoms with E-state index >= 15 is 0 Å². The molecule has 2 aromatic carbocycles. The fourth-order valence-corrected chi connectivity index (χ4v) is 6.52. The van der Waals surface area contributed by atoms with Crippen molar-refractivity contribution in [3.8, 4) is 5.69 Å². The van der Waals surface area contributed by atoms with E-state index in [2.05, 4.69) is 5.32 Å². The number of nitrogens with one attached hydrogen (secondary N) is 1. The molecule has 0 bridgehead atoms. The van der Waals surface area contributed by atoms with Crippen molar-refractivity contribution in [3.05, 3.63) is 79.4 Å². The normalized spacial score (nSPS) is 13.1. The molecule has 0 atom stereocenters. The van der Waals surface area contributed by atoms with Gasteiger partial charge in [-0.15, -0.1) is 11.3 Å². The summed E-state index contributed by atoms with van der Waals surface area (Å²) in [7, 11) is 0. The Kier molecular flexibility index (Phi) is 6.65. The highest BCUT2D eigenvalue weighted by Crippen LogP contribution is 2.36. The van der Waals surface area contributed by atoms with E-state index in [1.165, 1.54) is 26.8 Å². The van der Waals surface area contributed by atoms with Gasteiger partial charge in [0.25, 0.3) is 5.56 Å². The number of carbonyl (C=O) groups excluding carboxylic acids is 1. The highest BCUT2D eigenvalue weighted by molar-refractivity contribution is 7.99. The van der Waals surface area contributed by atoms with Gasteiger partial charge in [0.2, 0.25) is 5.91 Å². The number of nitrogens with zero attached hydrogens (tertiary/aromatic N) is 2. The lowest BCUT2D eigenvalue weighted by atomic mass is 9.97. The molecule has 10 heteroatoms. The number of carbonyl (C=O) groups is 1. The van der Waals surface area contributed by atoms with Crippen molar-refractivity contribution in [2.24, 2.45) is 0 Å². The van der Waals surface area contributed by atoms with Crippen molar-refractivity contribution < 1.29 is 13.6 Å². The van der Waals surface area contributed by atoms with Crippen LogP contribution in [0.15, 0.2) is 46.3 Å². The van der Waals surface area contributed by atoms with Crippen LogP contribution in [0.5, 0.6) is 0 Å². The predicted octanol–water partition coefficient (Wildman–Crippen LogP) is 6.30. The lowest BCUT2D eigenvalue weighted by molar-refractivity contribution is -0.113. The summed E-state index contributed by atoms with van der Waals surface area (Å²) in [5.41, 5.74) is 2.09. The molecule has 2 aromatic heterocycles. The second-order valence-corrected chi connectivity index (χ2v) is 10.7. The summed E-state index contributed by atoms with van der Waals surface area (Å²) in [6.45, 7) is 1.83. The van der Waals surface area contributed by atoms with Gasteiger partial charge in [0, 0.05) is 16.0 Å². The first-order valence-electron chi connectivity index (χ1n) is 11.0. The number of hydrogen-bond donors (Lipinski definition) is 1. The van der Waals surface area contributed by atoms with Crippen molar-refractivity contribution in [2.75, 3.05) is 11.1 Å². The number of aromatic nitrogens is 2. The van der Waals surface area contributed by atoms with E-state index in [-0.39, 0.29) is 17.0 Å². The van der Waals surface area contributed by atoms with Crippen molar-refractivity contribution in [1.82, 2.24) is 9.55 Å². The first kappa shape index (κ1) is 24.0. The Morgan fingerprint density at radius 1 is 1.23 bits per heavy atom. The molecule has 1 aliphatic rings. The maximum absolute atomic E-state index is 14.0. The second kappa shape index (κ2) is 9.72. The molecular formula is C25H20ClF2N3O2S2. The summed E-state index contributed by atoms with van der Waals surface area (Å²) in [6.07, 6.45) is 3.90. The summed E-state index contributed by atoms with van der Waals surface area (Å²) < 4.78 is 28.6. The molecule has 1 amide bonds. The summed E-state index contributed by atoms with van der Waals surface area (Å²) in [5, 5.41) is 3.94. The zero-order chi connectivity index (χ0) is 24.7. The molecule has 180 valence electrons. The Hall–Kier alpha value is -2.75. The summed E-state index contributed by atoms with van der Waals surface area (Å²) in [5.74, 6) is -2.22. The number of halogens is 3. The fourth-order valence-electron chi connectivity index (χ4n) is 4.24. The lowest BCUT2D eigenvalue weighted by Crippen LogP contribution is -2.24. The number of thioether (sulfide) groups is 1. The number of hydrogen-bond acceptors (Lipinski definition) is 5. The molecule has 1 aliphatic carbocycles. The minimum absolute atomic E-state index is 0.116. The van der Waals surface area contributed by atoms with E-state index in [9.17, 15) is 18.4 Å². The molecule has 5 rings (SSSR count). The van der Waals surface area contributed by atoms with Gasteiger partial charge < -0.3 is 5.32 Å². The van der Waals surface area contributed by atoms with Crippen LogP contribution >= 0.6 is 34.7 Å². The largest absolute Gasteiger partial charge is 0.323 e. The number of benzene rings is 2. The van der Waals surface area contributed by atoms with E-state index in [4.69, 9.17) is 16.6 Å². The minimum Gasteiger partial charge on any atom is -0.323 e. The molecule has 0 aliphatic heterocycles. The second-order valence-electron chi connectivity index (χ2n) is 8.27. The highest BCUT2D eigenvalue weighted by Gasteiger charge is 2.24. The minimum atomic E-state index is -0.862. The zero-order valence-electron chi connectivity index (χ0n) is 18.7. The van der Waals surface area contributed by atoms with Gasteiger partial charge in [-0.2, -0.15) is 0 Å². The van der Waals surface area contributed by atoms with Gasteiger partial charge in [-0.3, -0.25) is 14.2 Å². The van der Waals surface area contributed by atoms with E-state index in [1.54, 1.807) is 18.2 Å². The van der Waals surface area contributed by atoms with Crippen molar-refractivity contribution in [1.29, 1.82) is 0 Å². The molecule has 0 saturated carbocycles. The first-order chi connectivity index (χ1) is 16.8. The van der Waals surface area contributed by atoms with Gasteiger partial charge in [-0.05, 0) is 68.0 Å². The Bertz CT molecular complexity index is 1530. The number of amides is 1. The summed E-state index contributed by atoms with van der Waals surface area (Å²) in [4.78, 5) is 33.1. The van der Waals surface area contributed by atoms with Crippen LogP contribution in [-0.2, 0) is 17.6 Å². The van der Waals surface area contributed by atoms with Crippen molar-refractivity contribution >= 4 is 56.5 Å². The number of thiophene rings is 1. The van der Waals surface area contributed by atoms with Gasteiger partial charge in [0.05, 0.1) is 22.5 Å². The number of rotatable bonds is 5. The van der Waals surface area contributed by atoms with Crippen LogP contribution in [0.3, 0.4) is 0 Å². The Labute approximate surface area is 213 Å². The predicted molar refractivity (Wildman–Crippen MR) is 137 cm³/mol. The molecule has 0 fully saturated rings. The van der Waals surface area contributed by atoms with Crippen LogP contribution in [-0.4, -0.2) is 21.2 Å². The van der Waals surface area contributed by atoms with Crippen LogP contribution in [0.25, 0.3) is 15.9 Å². The molecule has 4 aromatic rings. The maximum atomic E-state index is 14.0. The lowest BCUT2D eigenvalue weighted by Gasteiger charge is -2.16.